The van der Waals surface area contributed by atoms with E-state index in [9.17, 15) is 0 Å². The number of hydrogen-bond donors (Lipinski definition) is 0. The predicted octanol–water partition coefficient (Wildman–Crippen LogP) is 3.18. The quantitative estimate of drug-likeness (QED) is 0.777. The molecule has 0 saturated carbocycles. The molecule has 0 spiro atoms. The molecular formula is C14H15N3Si. The summed E-state index contributed by atoms with van der Waals surface area (Å²) in [4.78, 5) is 0. The van der Waals surface area contributed by atoms with Crippen LogP contribution in [0.4, 0.5) is 0 Å². The molecule has 0 bridgehead atoms. The van der Waals surface area contributed by atoms with Crippen molar-refractivity contribution in [3.63, 3.8) is 0 Å². The molecule has 0 aliphatic rings. The van der Waals surface area contributed by atoms with Crippen LogP contribution in [-0.2, 0) is 0 Å². The number of hydrogen-bond acceptors (Lipinski definition) is 3. The van der Waals surface area contributed by atoms with Crippen molar-refractivity contribution < 1.29 is 0 Å². The highest BCUT2D eigenvalue weighted by atomic mass is 28.3. The van der Waals surface area contributed by atoms with Gasteiger partial charge in [0.1, 0.15) is 5.92 Å². The number of benzene rings is 1. The highest BCUT2D eigenvalue weighted by molar-refractivity contribution is 6.77. The van der Waals surface area contributed by atoms with Crippen molar-refractivity contribution in [3.05, 3.63) is 35.4 Å². The van der Waals surface area contributed by atoms with Gasteiger partial charge in [0.05, 0.1) is 31.8 Å². The number of nitriles is 3. The standard InChI is InChI=1S/C14H15N3Si/c1-18(2,3)14(13(9-16)10-17)12-6-4-11(8-15)5-7-12/h4-7,13-14H,1-3H3. The molecule has 1 unspecified atom stereocenters. The fourth-order valence-corrected chi connectivity index (χ4v) is 4.48. The summed E-state index contributed by atoms with van der Waals surface area (Å²) < 4.78 is 0. The minimum atomic E-state index is -1.69. The molecule has 0 heterocycles. The molecule has 0 N–H and O–H groups in total. The summed E-state index contributed by atoms with van der Waals surface area (Å²) in [5.41, 5.74) is 1.56. The molecule has 0 amide bonds. The molecule has 1 aromatic rings. The molecule has 0 aromatic heterocycles. The van der Waals surface area contributed by atoms with Gasteiger partial charge in [0, 0.05) is 5.54 Å². The molecule has 1 aromatic carbocycles. The van der Waals surface area contributed by atoms with Gasteiger partial charge >= 0.3 is 0 Å². The molecule has 0 radical (unpaired) electrons. The van der Waals surface area contributed by atoms with Crippen LogP contribution in [0.1, 0.15) is 16.7 Å². The van der Waals surface area contributed by atoms with Gasteiger partial charge in [-0.25, -0.2) is 0 Å². The monoisotopic (exact) mass is 253 g/mol. The molecule has 0 fully saturated rings. The Hall–Kier alpha value is -2.09. The minimum Gasteiger partial charge on any atom is -0.197 e. The molecule has 4 heteroatoms. The smallest absolute Gasteiger partial charge is 0.137 e. The number of rotatable bonds is 3. The van der Waals surface area contributed by atoms with Crippen LogP contribution >= 0.6 is 0 Å². The summed E-state index contributed by atoms with van der Waals surface area (Å²) >= 11 is 0. The van der Waals surface area contributed by atoms with Crippen molar-refractivity contribution in [2.45, 2.75) is 25.2 Å². The molecule has 1 atom stereocenters. The van der Waals surface area contributed by atoms with Crippen LogP contribution in [0.15, 0.2) is 24.3 Å². The Balaban J connectivity index is 3.24. The van der Waals surface area contributed by atoms with Gasteiger partial charge in [-0.1, -0.05) is 31.8 Å². The molecule has 90 valence electrons. The maximum Gasteiger partial charge on any atom is 0.137 e. The normalized spacial score (nSPS) is 12.3. The molecule has 1 rings (SSSR count). The molecule has 0 aliphatic carbocycles. The average molecular weight is 253 g/mol. The summed E-state index contributed by atoms with van der Waals surface area (Å²) in [6.07, 6.45) is 0. The lowest BCUT2D eigenvalue weighted by Crippen LogP contribution is -2.35. The van der Waals surface area contributed by atoms with E-state index in [0.29, 0.717) is 5.56 Å². The topological polar surface area (TPSA) is 71.4 Å². The van der Waals surface area contributed by atoms with Gasteiger partial charge in [0.25, 0.3) is 0 Å². The van der Waals surface area contributed by atoms with E-state index in [1.165, 1.54) is 0 Å². The maximum absolute atomic E-state index is 9.12. The van der Waals surface area contributed by atoms with E-state index in [0.717, 1.165) is 5.56 Å². The molecular weight excluding hydrogens is 238 g/mol. The molecule has 0 aliphatic heterocycles. The van der Waals surface area contributed by atoms with Crippen molar-refractivity contribution >= 4 is 8.07 Å². The molecule has 18 heavy (non-hydrogen) atoms. The Labute approximate surface area is 109 Å². The van der Waals surface area contributed by atoms with Crippen molar-refractivity contribution in [3.8, 4) is 18.2 Å². The Morgan fingerprint density at radius 1 is 0.944 bits per heavy atom. The van der Waals surface area contributed by atoms with E-state index < -0.39 is 14.0 Å². The van der Waals surface area contributed by atoms with Gasteiger partial charge in [-0.05, 0) is 17.7 Å². The first-order chi connectivity index (χ1) is 8.43. The SMILES string of the molecule is C[Si](C)(C)C(c1ccc(C#N)cc1)C(C#N)C#N. The van der Waals surface area contributed by atoms with Gasteiger partial charge in [-0.15, -0.1) is 0 Å². The van der Waals surface area contributed by atoms with E-state index >= 15 is 0 Å². The third-order valence-electron chi connectivity index (χ3n) is 2.94. The third kappa shape index (κ3) is 2.97. The Bertz CT molecular complexity index is 521. The molecule has 0 saturated heterocycles. The second kappa shape index (κ2) is 5.49. The summed E-state index contributed by atoms with van der Waals surface area (Å²) in [7, 11) is -1.69. The highest BCUT2D eigenvalue weighted by Crippen LogP contribution is 2.33. The zero-order chi connectivity index (χ0) is 13.8. The van der Waals surface area contributed by atoms with Crippen LogP contribution in [-0.4, -0.2) is 8.07 Å². The van der Waals surface area contributed by atoms with Crippen LogP contribution in [0.5, 0.6) is 0 Å². The highest BCUT2D eigenvalue weighted by Gasteiger charge is 2.35. The van der Waals surface area contributed by atoms with E-state index in [-0.39, 0.29) is 5.54 Å². The van der Waals surface area contributed by atoms with Gasteiger partial charge < -0.3 is 0 Å². The second-order valence-corrected chi connectivity index (χ2v) is 10.7. The zero-order valence-corrected chi connectivity index (χ0v) is 11.8. The van der Waals surface area contributed by atoms with Crippen LogP contribution < -0.4 is 0 Å². The fourth-order valence-electron chi connectivity index (χ4n) is 2.14. The van der Waals surface area contributed by atoms with Crippen LogP contribution in [0.2, 0.25) is 19.6 Å². The van der Waals surface area contributed by atoms with Crippen molar-refractivity contribution in [1.29, 1.82) is 15.8 Å². The zero-order valence-electron chi connectivity index (χ0n) is 10.8. The minimum absolute atomic E-state index is 0.0276. The van der Waals surface area contributed by atoms with E-state index in [1.807, 2.05) is 12.1 Å². The van der Waals surface area contributed by atoms with Crippen molar-refractivity contribution in [2.24, 2.45) is 5.92 Å². The van der Waals surface area contributed by atoms with E-state index in [2.05, 4.69) is 37.8 Å². The summed E-state index contributed by atoms with van der Waals surface area (Å²) in [5, 5.41) is 27.0. The molecule has 3 nitrogen and oxygen atoms in total. The van der Waals surface area contributed by atoms with Crippen LogP contribution in [0.25, 0.3) is 0 Å². The van der Waals surface area contributed by atoms with Crippen molar-refractivity contribution in [2.75, 3.05) is 0 Å². The van der Waals surface area contributed by atoms with Gasteiger partial charge in [-0.3, -0.25) is 0 Å². The first-order valence-corrected chi connectivity index (χ1v) is 9.31. The van der Waals surface area contributed by atoms with E-state index in [1.54, 1.807) is 12.1 Å². The van der Waals surface area contributed by atoms with Gasteiger partial charge in [0.2, 0.25) is 0 Å². The van der Waals surface area contributed by atoms with Crippen molar-refractivity contribution in [1.82, 2.24) is 0 Å². The Morgan fingerprint density at radius 3 is 1.78 bits per heavy atom. The summed E-state index contributed by atoms with van der Waals surface area (Å²) in [5.74, 6) is -0.621. The maximum atomic E-state index is 9.12. The summed E-state index contributed by atoms with van der Waals surface area (Å²) in [6, 6.07) is 13.5. The van der Waals surface area contributed by atoms with Gasteiger partial charge in [-0.2, -0.15) is 15.8 Å². The predicted molar refractivity (Wildman–Crippen MR) is 72.0 cm³/mol. The Kier molecular flexibility index (Phi) is 4.26. The number of nitrogens with zero attached hydrogens (tertiary/aromatic N) is 3. The van der Waals surface area contributed by atoms with E-state index in [4.69, 9.17) is 15.8 Å². The van der Waals surface area contributed by atoms with Gasteiger partial charge in [0.15, 0.2) is 0 Å². The second-order valence-electron chi connectivity index (χ2n) is 5.31. The lowest BCUT2D eigenvalue weighted by atomic mass is 10.00. The lowest BCUT2D eigenvalue weighted by molar-refractivity contribution is 0.768. The first kappa shape index (κ1) is 14.0. The lowest BCUT2D eigenvalue weighted by Gasteiger charge is -2.30. The first-order valence-electron chi connectivity index (χ1n) is 5.73. The van der Waals surface area contributed by atoms with Crippen LogP contribution in [0, 0.1) is 39.9 Å². The summed E-state index contributed by atoms with van der Waals surface area (Å²) in [6.45, 7) is 6.45. The average Bonchev–Trinajstić information content (AvgIpc) is 2.34. The largest absolute Gasteiger partial charge is 0.197 e. The third-order valence-corrected chi connectivity index (χ3v) is 5.48. The Morgan fingerprint density at radius 2 is 1.44 bits per heavy atom. The van der Waals surface area contributed by atoms with Crippen LogP contribution in [0.3, 0.4) is 0 Å². The fraction of sp³-hybridized carbons (Fsp3) is 0.357.